The van der Waals surface area contributed by atoms with Crippen LogP contribution in [0.25, 0.3) is 0 Å². The minimum Gasteiger partial charge on any atom is -0.354 e. The zero-order valence-electron chi connectivity index (χ0n) is 16.2. The van der Waals surface area contributed by atoms with E-state index in [2.05, 4.69) is 10.6 Å². The number of carbonyl (C=O) groups excluding carboxylic acids is 3. The Labute approximate surface area is 159 Å². The summed E-state index contributed by atoms with van der Waals surface area (Å²) in [6.07, 6.45) is 1.15. The van der Waals surface area contributed by atoms with Crippen molar-refractivity contribution < 1.29 is 23.9 Å². The number of nitrogens with one attached hydrogen (secondary N) is 2. The average Bonchev–Trinajstić information content (AvgIpc) is 2.67. The van der Waals surface area contributed by atoms with E-state index in [0.29, 0.717) is 12.2 Å². The summed E-state index contributed by atoms with van der Waals surface area (Å²) in [7, 11) is 2.88. The lowest BCUT2D eigenvalue weighted by Gasteiger charge is -2.31. The molecule has 0 saturated carbocycles. The van der Waals surface area contributed by atoms with Crippen LogP contribution in [0.5, 0.6) is 0 Å². The van der Waals surface area contributed by atoms with Gasteiger partial charge in [0.25, 0.3) is 0 Å². The highest BCUT2D eigenvalue weighted by molar-refractivity contribution is 6.39. The van der Waals surface area contributed by atoms with Gasteiger partial charge in [0, 0.05) is 38.1 Å². The van der Waals surface area contributed by atoms with Gasteiger partial charge in [-0.2, -0.15) is 0 Å². The molecule has 0 saturated heterocycles. The van der Waals surface area contributed by atoms with Crippen LogP contribution >= 0.6 is 0 Å². The molecule has 0 aliphatic carbocycles. The van der Waals surface area contributed by atoms with Crippen LogP contribution in [0.3, 0.4) is 0 Å². The van der Waals surface area contributed by atoms with Gasteiger partial charge in [-0.25, -0.2) is 0 Å². The van der Waals surface area contributed by atoms with E-state index in [4.69, 9.17) is 9.47 Å². The van der Waals surface area contributed by atoms with E-state index in [1.807, 2.05) is 19.9 Å². The predicted octanol–water partition coefficient (Wildman–Crippen LogP) is 1.30. The van der Waals surface area contributed by atoms with E-state index in [9.17, 15) is 14.4 Å². The molecular formula is C19H27N3O5. The lowest BCUT2D eigenvalue weighted by molar-refractivity contribution is -0.139. The molecule has 0 radical (unpaired) electrons. The Hall–Kier alpha value is -2.45. The molecule has 2 N–H and O–H groups in total. The van der Waals surface area contributed by atoms with Crippen molar-refractivity contribution in [1.82, 2.24) is 5.32 Å². The van der Waals surface area contributed by atoms with E-state index >= 15 is 0 Å². The second kappa shape index (κ2) is 9.48. The molecule has 1 aliphatic rings. The van der Waals surface area contributed by atoms with Crippen LogP contribution < -0.4 is 15.5 Å². The molecule has 0 bridgehead atoms. The minimum atomic E-state index is -0.793. The highest BCUT2D eigenvalue weighted by Crippen LogP contribution is 2.31. The van der Waals surface area contributed by atoms with Gasteiger partial charge in [-0.05, 0) is 30.5 Å². The molecule has 1 aromatic carbocycles. The van der Waals surface area contributed by atoms with E-state index in [1.54, 1.807) is 17.0 Å². The van der Waals surface area contributed by atoms with Crippen molar-refractivity contribution in [1.29, 1.82) is 0 Å². The first kappa shape index (κ1) is 20.9. The van der Waals surface area contributed by atoms with Crippen molar-refractivity contribution in [2.75, 3.05) is 37.5 Å². The standard InChI is InChI=1S/C19H27N3O5/c1-12(2)19(25)22-9-5-6-13-7-8-14(10-15(13)22)21-18(24)17(23)20-11-16(26-3)27-4/h7-8,10,12,16H,5-6,9,11H2,1-4H3,(H,20,23)(H,21,24). The van der Waals surface area contributed by atoms with Crippen molar-refractivity contribution >= 4 is 29.1 Å². The second-order valence-electron chi connectivity index (χ2n) is 6.66. The Bertz CT molecular complexity index is 701. The van der Waals surface area contributed by atoms with Gasteiger partial charge in [-0.15, -0.1) is 0 Å². The molecule has 1 aromatic rings. The molecule has 8 nitrogen and oxygen atoms in total. The fourth-order valence-electron chi connectivity index (χ4n) is 2.90. The smallest absolute Gasteiger partial charge is 0.313 e. The summed E-state index contributed by atoms with van der Waals surface area (Å²) in [5.41, 5.74) is 2.31. The molecule has 0 aromatic heterocycles. The summed E-state index contributed by atoms with van der Waals surface area (Å²) in [5, 5.41) is 5.01. The maximum Gasteiger partial charge on any atom is 0.313 e. The highest BCUT2D eigenvalue weighted by Gasteiger charge is 2.25. The predicted molar refractivity (Wildman–Crippen MR) is 101 cm³/mol. The Morgan fingerprint density at radius 3 is 2.48 bits per heavy atom. The first-order valence-electron chi connectivity index (χ1n) is 8.96. The maximum absolute atomic E-state index is 12.5. The number of anilines is 2. The molecule has 1 heterocycles. The Balaban J connectivity index is 2.07. The van der Waals surface area contributed by atoms with Crippen LogP contribution in [0.1, 0.15) is 25.8 Å². The van der Waals surface area contributed by atoms with Crippen LogP contribution in [-0.4, -0.2) is 51.3 Å². The van der Waals surface area contributed by atoms with Gasteiger partial charge in [-0.3, -0.25) is 14.4 Å². The topological polar surface area (TPSA) is 97.0 Å². The number of fused-ring (bicyclic) bond motifs is 1. The largest absolute Gasteiger partial charge is 0.354 e. The van der Waals surface area contributed by atoms with Crippen molar-refractivity contribution in [3.05, 3.63) is 23.8 Å². The number of hydrogen-bond acceptors (Lipinski definition) is 5. The Morgan fingerprint density at radius 1 is 1.15 bits per heavy atom. The van der Waals surface area contributed by atoms with Gasteiger partial charge in [0.05, 0.1) is 6.54 Å². The van der Waals surface area contributed by atoms with Gasteiger partial charge in [0.1, 0.15) is 0 Å². The van der Waals surface area contributed by atoms with Crippen LogP contribution in [0, 0.1) is 5.92 Å². The lowest BCUT2D eigenvalue weighted by Crippen LogP contribution is -2.40. The molecule has 27 heavy (non-hydrogen) atoms. The fraction of sp³-hybridized carbons (Fsp3) is 0.526. The number of amides is 3. The van der Waals surface area contributed by atoms with Crippen molar-refractivity contribution in [3.8, 4) is 0 Å². The summed E-state index contributed by atoms with van der Waals surface area (Å²) in [6.45, 7) is 4.43. The third-order valence-electron chi connectivity index (χ3n) is 4.38. The maximum atomic E-state index is 12.5. The molecule has 0 fully saturated rings. The molecule has 1 aliphatic heterocycles. The molecule has 0 spiro atoms. The Morgan fingerprint density at radius 2 is 1.85 bits per heavy atom. The van der Waals surface area contributed by atoms with Gasteiger partial charge >= 0.3 is 11.8 Å². The number of nitrogens with zero attached hydrogens (tertiary/aromatic N) is 1. The third kappa shape index (κ3) is 5.27. The number of hydrogen-bond donors (Lipinski definition) is 2. The monoisotopic (exact) mass is 377 g/mol. The van der Waals surface area contributed by atoms with Crippen molar-refractivity contribution in [2.24, 2.45) is 5.92 Å². The van der Waals surface area contributed by atoms with Crippen LogP contribution in [0.4, 0.5) is 11.4 Å². The summed E-state index contributed by atoms with van der Waals surface area (Å²) >= 11 is 0. The molecule has 3 amide bonds. The molecule has 0 unspecified atom stereocenters. The summed E-state index contributed by atoms with van der Waals surface area (Å²) < 4.78 is 9.91. The van der Waals surface area contributed by atoms with Crippen LogP contribution in [0.15, 0.2) is 18.2 Å². The zero-order valence-corrected chi connectivity index (χ0v) is 16.2. The number of ether oxygens (including phenoxy) is 2. The average molecular weight is 377 g/mol. The zero-order chi connectivity index (χ0) is 20.0. The number of aryl methyl sites for hydroxylation is 1. The summed E-state index contributed by atoms with van der Waals surface area (Å²) in [4.78, 5) is 38.3. The Kier molecular flexibility index (Phi) is 7.32. The van der Waals surface area contributed by atoms with Crippen molar-refractivity contribution in [2.45, 2.75) is 33.0 Å². The fourth-order valence-corrected chi connectivity index (χ4v) is 2.90. The number of rotatable bonds is 6. The molecule has 8 heteroatoms. The quantitative estimate of drug-likeness (QED) is 0.575. The van der Waals surface area contributed by atoms with Gasteiger partial charge in [-0.1, -0.05) is 19.9 Å². The lowest BCUT2D eigenvalue weighted by atomic mass is 9.99. The molecule has 2 rings (SSSR count). The first-order valence-corrected chi connectivity index (χ1v) is 8.96. The highest BCUT2D eigenvalue weighted by atomic mass is 16.7. The second-order valence-corrected chi connectivity index (χ2v) is 6.66. The molecular weight excluding hydrogens is 350 g/mol. The molecule has 148 valence electrons. The molecule has 0 atom stereocenters. The van der Waals surface area contributed by atoms with Gasteiger partial charge in [0.15, 0.2) is 6.29 Å². The minimum absolute atomic E-state index is 0.0438. The summed E-state index contributed by atoms with van der Waals surface area (Å²) in [5.74, 6) is -1.66. The van der Waals surface area contributed by atoms with E-state index in [1.165, 1.54) is 14.2 Å². The number of carbonyl (C=O) groups is 3. The van der Waals surface area contributed by atoms with E-state index < -0.39 is 18.1 Å². The van der Waals surface area contributed by atoms with Crippen molar-refractivity contribution in [3.63, 3.8) is 0 Å². The normalized spacial score (nSPS) is 13.5. The first-order chi connectivity index (χ1) is 12.9. The number of benzene rings is 1. The van der Waals surface area contributed by atoms with Crippen LogP contribution in [0.2, 0.25) is 0 Å². The van der Waals surface area contributed by atoms with Gasteiger partial charge in [0.2, 0.25) is 5.91 Å². The summed E-state index contributed by atoms with van der Waals surface area (Å²) in [6, 6.07) is 5.36. The van der Waals surface area contributed by atoms with Gasteiger partial charge < -0.3 is 25.0 Å². The number of methoxy groups -OCH3 is 2. The van der Waals surface area contributed by atoms with E-state index in [-0.39, 0.29) is 18.4 Å². The van der Waals surface area contributed by atoms with Crippen LogP contribution in [-0.2, 0) is 30.3 Å². The third-order valence-corrected chi connectivity index (χ3v) is 4.38. The SMILES string of the molecule is COC(CNC(=O)C(=O)Nc1ccc2c(c1)N(C(=O)C(C)C)CCC2)OC. The van der Waals surface area contributed by atoms with E-state index in [0.717, 1.165) is 24.1 Å².